The molecule has 9 nitrogen and oxygen atoms in total. The summed E-state index contributed by atoms with van der Waals surface area (Å²) < 4.78 is 5.59. The average molecular weight is 332 g/mol. The SMILES string of the molecule is CCN(CC)[C@]1(CC)C(O)(CC)O[C@H](CO)[C@@H](O)[C@@]1(O)N=[N+]=[N-]. The molecule has 0 aromatic rings. The summed E-state index contributed by atoms with van der Waals surface area (Å²) in [5.74, 6) is -1.91. The number of nitrogens with zero attached hydrogens (tertiary/aromatic N) is 4. The summed E-state index contributed by atoms with van der Waals surface area (Å²) in [6, 6.07) is 0. The molecule has 0 amide bonds. The van der Waals surface area contributed by atoms with Crippen LogP contribution in [0, 0.1) is 0 Å². The Labute approximate surface area is 136 Å². The molecule has 0 aliphatic carbocycles. The van der Waals surface area contributed by atoms with Crippen molar-refractivity contribution in [3.63, 3.8) is 0 Å². The number of aliphatic hydroxyl groups is 4. The van der Waals surface area contributed by atoms with Crippen LogP contribution in [0.1, 0.15) is 40.5 Å². The molecule has 0 radical (unpaired) electrons. The molecule has 1 heterocycles. The fourth-order valence-corrected chi connectivity index (χ4v) is 3.93. The average Bonchev–Trinajstić information content (AvgIpc) is 2.55. The summed E-state index contributed by atoms with van der Waals surface area (Å²) in [7, 11) is 0. The monoisotopic (exact) mass is 332 g/mol. The molecule has 134 valence electrons. The zero-order chi connectivity index (χ0) is 17.9. The van der Waals surface area contributed by atoms with E-state index in [0.29, 0.717) is 13.1 Å². The fourth-order valence-electron chi connectivity index (χ4n) is 3.93. The Morgan fingerprint density at radius 3 is 2.09 bits per heavy atom. The molecular formula is C14H28N4O5. The lowest BCUT2D eigenvalue weighted by atomic mass is 9.68. The van der Waals surface area contributed by atoms with Crippen molar-refractivity contribution < 1.29 is 25.2 Å². The van der Waals surface area contributed by atoms with Crippen LogP contribution >= 0.6 is 0 Å². The second-order valence-corrected chi connectivity index (χ2v) is 5.72. The van der Waals surface area contributed by atoms with Gasteiger partial charge in [0, 0.05) is 11.3 Å². The predicted octanol–water partition coefficient (Wildman–Crippen LogP) is 0.326. The molecule has 1 aliphatic heterocycles. The Morgan fingerprint density at radius 2 is 1.74 bits per heavy atom. The minimum atomic E-state index is -2.36. The summed E-state index contributed by atoms with van der Waals surface area (Å²) in [6.45, 7) is 7.26. The van der Waals surface area contributed by atoms with Crippen molar-refractivity contribution >= 4 is 0 Å². The molecule has 1 unspecified atom stereocenters. The highest BCUT2D eigenvalue weighted by molar-refractivity contribution is 5.19. The molecule has 1 rings (SSSR count). The van der Waals surface area contributed by atoms with Gasteiger partial charge in [-0.3, -0.25) is 4.90 Å². The summed E-state index contributed by atoms with van der Waals surface area (Å²) >= 11 is 0. The van der Waals surface area contributed by atoms with Gasteiger partial charge in [-0.1, -0.05) is 32.8 Å². The van der Waals surface area contributed by atoms with Crippen LogP contribution in [0.2, 0.25) is 0 Å². The predicted molar refractivity (Wildman–Crippen MR) is 83.2 cm³/mol. The van der Waals surface area contributed by atoms with Crippen molar-refractivity contribution in [1.29, 1.82) is 0 Å². The van der Waals surface area contributed by atoms with E-state index in [1.54, 1.807) is 18.7 Å². The van der Waals surface area contributed by atoms with Crippen LogP contribution in [0.15, 0.2) is 5.11 Å². The Kier molecular flexibility index (Phi) is 6.39. The largest absolute Gasteiger partial charge is 0.394 e. The number of rotatable bonds is 7. The van der Waals surface area contributed by atoms with Gasteiger partial charge in [-0.2, -0.15) is 0 Å². The molecule has 0 aromatic carbocycles. The number of hydrogen-bond acceptors (Lipinski definition) is 7. The number of hydrogen-bond donors (Lipinski definition) is 4. The van der Waals surface area contributed by atoms with E-state index in [0.717, 1.165) is 0 Å². The van der Waals surface area contributed by atoms with Crippen molar-refractivity contribution in [2.75, 3.05) is 19.7 Å². The van der Waals surface area contributed by atoms with E-state index < -0.39 is 35.9 Å². The van der Waals surface area contributed by atoms with Gasteiger partial charge in [0.1, 0.15) is 17.7 Å². The van der Waals surface area contributed by atoms with Gasteiger partial charge >= 0.3 is 0 Å². The highest BCUT2D eigenvalue weighted by atomic mass is 16.7. The van der Waals surface area contributed by atoms with Gasteiger partial charge < -0.3 is 25.2 Å². The van der Waals surface area contributed by atoms with Crippen molar-refractivity contribution in [3.05, 3.63) is 10.4 Å². The smallest absolute Gasteiger partial charge is 0.195 e. The van der Waals surface area contributed by atoms with Crippen LogP contribution < -0.4 is 0 Å². The summed E-state index contributed by atoms with van der Waals surface area (Å²) in [6.07, 6.45) is -2.73. The third-order valence-corrected chi connectivity index (χ3v) is 5.04. The number of ether oxygens (including phenoxy) is 1. The third-order valence-electron chi connectivity index (χ3n) is 5.04. The quantitative estimate of drug-likeness (QED) is 0.300. The van der Waals surface area contributed by atoms with Crippen LogP contribution in [0.4, 0.5) is 0 Å². The molecule has 9 heteroatoms. The molecule has 0 saturated carbocycles. The van der Waals surface area contributed by atoms with E-state index in [4.69, 9.17) is 10.3 Å². The van der Waals surface area contributed by atoms with E-state index in [-0.39, 0.29) is 12.8 Å². The van der Waals surface area contributed by atoms with Crippen molar-refractivity contribution in [2.24, 2.45) is 5.11 Å². The number of likely N-dealkylation sites (N-methyl/N-ethyl adjacent to an activating group) is 1. The fraction of sp³-hybridized carbons (Fsp3) is 1.00. The Bertz CT molecular complexity index is 456. The van der Waals surface area contributed by atoms with Gasteiger partial charge in [-0.25, -0.2) is 0 Å². The van der Waals surface area contributed by atoms with E-state index in [1.165, 1.54) is 0 Å². The number of aliphatic hydroxyl groups excluding tert-OH is 2. The minimum absolute atomic E-state index is 0.0732. The topological polar surface area (TPSA) is 142 Å². The summed E-state index contributed by atoms with van der Waals surface area (Å²) in [5.41, 5.74) is 5.02. The highest BCUT2D eigenvalue weighted by Gasteiger charge is 2.71. The lowest BCUT2D eigenvalue weighted by molar-refractivity contribution is -0.397. The molecule has 0 aromatic heterocycles. The second kappa shape index (κ2) is 7.31. The van der Waals surface area contributed by atoms with Gasteiger partial charge in [-0.05, 0) is 25.0 Å². The normalized spacial score (nSPS) is 40.9. The molecule has 1 aliphatic rings. The summed E-state index contributed by atoms with van der Waals surface area (Å²) in [4.78, 5) is 4.41. The van der Waals surface area contributed by atoms with Crippen LogP contribution in [-0.4, -0.2) is 74.3 Å². The van der Waals surface area contributed by atoms with Crippen molar-refractivity contribution in [1.82, 2.24) is 4.90 Å². The maximum absolute atomic E-state index is 11.2. The standard InChI is InChI=1S/C14H28N4O5/c1-5-12(18(7-3)8-4)13(21,6-2)23-10(9-19)11(20)14(12,22)16-17-15/h10-11,19-22H,5-9H2,1-4H3/t10-,11-,12-,13?,14+/m1/s1. The van der Waals surface area contributed by atoms with Gasteiger partial charge in [0.25, 0.3) is 0 Å². The minimum Gasteiger partial charge on any atom is -0.394 e. The van der Waals surface area contributed by atoms with Gasteiger partial charge in [0.15, 0.2) is 11.5 Å². The molecule has 23 heavy (non-hydrogen) atoms. The first-order chi connectivity index (χ1) is 10.8. The van der Waals surface area contributed by atoms with E-state index in [2.05, 4.69) is 10.0 Å². The van der Waals surface area contributed by atoms with Crippen LogP contribution in [0.25, 0.3) is 10.4 Å². The lowest BCUT2D eigenvalue weighted by Crippen LogP contribution is -2.83. The zero-order valence-electron chi connectivity index (χ0n) is 14.2. The molecule has 0 bridgehead atoms. The lowest BCUT2D eigenvalue weighted by Gasteiger charge is -2.63. The first-order valence-electron chi connectivity index (χ1n) is 8.01. The van der Waals surface area contributed by atoms with Gasteiger partial charge in [0.05, 0.1) is 6.61 Å². The molecule has 0 spiro atoms. The zero-order valence-corrected chi connectivity index (χ0v) is 14.2. The third kappa shape index (κ3) is 2.62. The second-order valence-electron chi connectivity index (χ2n) is 5.72. The van der Waals surface area contributed by atoms with E-state index >= 15 is 0 Å². The highest BCUT2D eigenvalue weighted by Crippen LogP contribution is 2.51. The Morgan fingerprint density at radius 1 is 1.17 bits per heavy atom. The van der Waals surface area contributed by atoms with Crippen LogP contribution in [0.3, 0.4) is 0 Å². The molecular weight excluding hydrogens is 304 g/mol. The maximum atomic E-state index is 11.2. The molecule has 1 saturated heterocycles. The van der Waals surface area contributed by atoms with Gasteiger partial charge in [-0.15, -0.1) is 0 Å². The molecule has 4 N–H and O–H groups in total. The Balaban J connectivity index is 3.75. The van der Waals surface area contributed by atoms with E-state index in [1.807, 2.05) is 13.8 Å². The molecule has 1 fully saturated rings. The van der Waals surface area contributed by atoms with Crippen molar-refractivity contribution in [2.45, 2.75) is 69.8 Å². The Hall–Kier alpha value is -0.930. The summed E-state index contributed by atoms with van der Waals surface area (Å²) in [5, 5.41) is 45.8. The van der Waals surface area contributed by atoms with Crippen LogP contribution in [0.5, 0.6) is 0 Å². The van der Waals surface area contributed by atoms with Gasteiger partial charge in [0.2, 0.25) is 0 Å². The molecule has 5 atom stereocenters. The first kappa shape index (κ1) is 20.1. The first-order valence-corrected chi connectivity index (χ1v) is 8.01. The van der Waals surface area contributed by atoms with E-state index in [9.17, 15) is 20.4 Å². The van der Waals surface area contributed by atoms with Crippen LogP contribution in [-0.2, 0) is 4.74 Å². The van der Waals surface area contributed by atoms with Crippen molar-refractivity contribution in [3.8, 4) is 0 Å². The number of azide groups is 1. The maximum Gasteiger partial charge on any atom is 0.195 e.